The fourth-order valence-electron chi connectivity index (χ4n) is 1.88. The number of benzene rings is 1. The summed E-state index contributed by atoms with van der Waals surface area (Å²) >= 11 is 5.04. The lowest BCUT2D eigenvalue weighted by atomic mass is 10.2. The van der Waals surface area contributed by atoms with Gasteiger partial charge in [-0.2, -0.15) is 0 Å². The van der Waals surface area contributed by atoms with Crippen LogP contribution in [0.1, 0.15) is 22.8 Å². The molecule has 1 aromatic carbocycles. The topological polar surface area (TPSA) is 74.0 Å². The fourth-order valence-corrected chi connectivity index (χ4v) is 2.11. The number of rotatable bonds is 5. The first-order chi connectivity index (χ1) is 10.6. The Kier molecular flexibility index (Phi) is 5.43. The minimum absolute atomic E-state index is 0.247. The summed E-state index contributed by atoms with van der Waals surface area (Å²) in [6.07, 6.45) is 1.65. The molecule has 0 fully saturated rings. The maximum atomic E-state index is 12.1. The largest absolute Gasteiger partial charge is 0.352 e. The first-order valence-corrected chi connectivity index (χ1v) is 7.29. The summed E-state index contributed by atoms with van der Waals surface area (Å²) in [6.45, 7) is 2.05. The Labute approximate surface area is 133 Å². The average molecular weight is 315 g/mol. The van der Waals surface area contributed by atoms with E-state index in [2.05, 4.69) is 15.6 Å². The monoisotopic (exact) mass is 315 g/mol. The van der Waals surface area contributed by atoms with E-state index in [1.807, 2.05) is 30.3 Å². The van der Waals surface area contributed by atoms with Crippen LogP contribution in [0.4, 0.5) is 0 Å². The summed E-state index contributed by atoms with van der Waals surface area (Å²) < 4.78 is 0.344. The van der Waals surface area contributed by atoms with Gasteiger partial charge in [-0.3, -0.25) is 9.59 Å². The number of carbonyl (C=O) groups is 2. The third kappa shape index (κ3) is 4.26. The molecular formula is C16H17N3O2S. The Bertz CT molecular complexity index is 713. The molecule has 0 aliphatic carbocycles. The van der Waals surface area contributed by atoms with Gasteiger partial charge < -0.3 is 15.6 Å². The van der Waals surface area contributed by atoms with Crippen molar-refractivity contribution in [1.29, 1.82) is 0 Å². The maximum Gasteiger partial charge on any atom is 0.254 e. The highest BCUT2D eigenvalue weighted by Crippen LogP contribution is 2.01. The zero-order chi connectivity index (χ0) is 15.9. The predicted octanol–water partition coefficient (Wildman–Crippen LogP) is 2.18. The van der Waals surface area contributed by atoms with Crippen molar-refractivity contribution in [2.24, 2.45) is 0 Å². The molecule has 0 bridgehead atoms. The van der Waals surface area contributed by atoms with Crippen LogP contribution in [0, 0.1) is 4.64 Å². The number of aromatic nitrogens is 1. The van der Waals surface area contributed by atoms with E-state index in [0.29, 0.717) is 16.7 Å². The van der Waals surface area contributed by atoms with Crippen LogP contribution in [0.15, 0.2) is 48.7 Å². The molecule has 0 unspecified atom stereocenters. The number of aromatic amines is 1. The van der Waals surface area contributed by atoms with Crippen LogP contribution in [0.3, 0.4) is 0 Å². The Morgan fingerprint density at radius 1 is 1.18 bits per heavy atom. The second-order valence-corrected chi connectivity index (χ2v) is 5.22. The van der Waals surface area contributed by atoms with Gasteiger partial charge in [-0.25, -0.2) is 0 Å². The Balaban J connectivity index is 1.90. The minimum Gasteiger partial charge on any atom is -0.352 e. The lowest BCUT2D eigenvalue weighted by molar-refractivity contribution is -0.122. The fraction of sp³-hybridized carbons (Fsp3) is 0.188. The molecule has 2 aromatic rings. The number of hydrogen-bond donors (Lipinski definition) is 3. The van der Waals surface area contributed by atoms with Crippen molar-refractivity contribution in [2.75, 3.05) is 0 Å². The highest BCUT2D eigenvalue weighted by atomic mass is 32.1. The van der Waals surface area contributed by atoms with Crippen LogP contribution in [0.2, 0.25) is 0 Å². The summed E-state index contributed by atoms with van der Waals surface area (Å²) in [5.41, 5.74) is 1.35. The van der Waals surface area contributed by atoms with Crippen molar-refractivity contribution in [3.8, 4) is 0 Å². The van der Waals surface area contributed by atoms with E-state index in [1.165, 1.54) is 0 Å². The highest BCUT2D eigenvalue weighted by molar-refractivity contribution is 7.71. The van der Waals surface area contributed by atoms with E-state index in [9.17, 15) is 9.59 Å². The van der Waals surface area contributed by atoms with Gasteiger partial charge in [0.15, 0.2) is 0 Å². The molecule has 3 N–H and O–H groups in total. The summed E-state index contributed by atoms with van der Waals surface area (Å²) in [5.74, 6) is -0.618. The lowest BCUT2D eigenvalue weighted by Gasteiger charge is -2.14. The minimum atomic E-state index is -0.647. The van der Waals surface area contributed by atoms with Crippen molar-refractivity contribution < 1.29 is 9.59 Å². The molecule has 0 spiro atoms. The SMILES string of the molecule is C[C@H](NC(=O)c1ccc[nH]c1=S)C(=O)NCc1ccccc1. The molecule has 0 saturated heterocycles. The molecule has 0 aliphatic heterocycles. The molecule has 114 valence electrons. The van der Waals surface area contributed by atoms with Crippen LogP contribution in [0.25, 0.3) is 0 Å². The molecule has 0 saturated carbocycles. The third-order valence-electron chi connectivity index (χ3n) is 3.11. The Morgan fingerprint density at radius 3 is 2.59 bits per heavy atom. The van der Waals surface area contributed by atoms with Crippen LogP contribution in [0.5, 0.6) is 0 Å². The van der Waals surface area contributed by atoms with Crippen LogP contribution >= 0.6 is 12.2 Å². The highest BCUT2D eigenvalue weighted by Gasteiger charge is 2.17. The van der Waals surface area contributed by atoms with E-state index < -0.39 is 6.04 Å². The quantitative estimate of drug-likeness (QED) is 0.740. The third-order valence-corrected chi connectivity index (χ3v) is 3.45. The van der Waals surface area contributed by atoms with Gasteiger partial charge in [0, 0.05) is 12.7 Å². The number of H-pyrrole nitrogens is 1. The van der Waals surface area contributed by atoms with Gasteiger partial charge >= 0.3 is 0 Å². The smallest absolute Gasteiger partial charge is 0.254 e. The lowest BCUT2D eigenvalue weighted by Crippen LogP contribution is -2.44. The number of nitrogens with one attached hydrogen (secondary N) is 3. The molecule has 0 radical (unpaired) electrons. The second-order valence-electron chi connectivity index (χ2n) is 4.81. The molecule has 0 aliphatic rings. The van der Waals surface area contributed by atoms with Gasteiger partial charge in [0.05, 0.1) is 5.56 Å². The summed E-state index contributed by atoms with van der Waals surface area (Å²) in [7, 11) is 0. The summed E-state index contributed by atoms with van der Waals surface area (Å²) in [4.78, 5) is 26.9. The molecule has 1 aromatic heterocycles. The molecule has 2 amide bonds. The van der Waals surface area contributed by atoms with Gasteiger partial charge in [-0.05, 0) is 24.6 Å². The number of hydrogen-bond acceptors (Lipinski definition) is 3. The molecule has 1 atom stereocenters. The van der Waals surface area contributed by atoms with Crippen molar-refractivity contribution in [2.45, 2.75) is 19.5 Å². The van der Waals surface area contributed by atoms with Gasteiger partial charge in [0.2, 0.25) is 5.91 Å². The van der Waals surface area contributed by atoms with Gasteiger partial charge in [-0.15, -0.1) is 0 Å². The van der Waals surface area contributed by atoms with Crippen LogP contribution in [-0.2, 0) is 11.3 Å². The van der Waals surface area contributed by atoms with Gasteiger partial charge in [0.25, 0.3) is 5.91 Å². The zero-order valence-electron chi connectivity index (χ0n) is 12.1. The van der Waals surface area contributed by atoms with Crippen molar-refractivity contribution in [3.63, 3.8) is 0 Å². The van der Waals surface area contributed by atoms with E-state index in [0.717, 1.165) is 5.56 Å². The van der Waals surface area contributed by atoms with Crippen molar-refractivity contribution in [1.82, 2.24) is 15.6 Å². The standard InChI is InChI=1S/C16H17N3O2S/c1-11(14(20)18-10-12-6-3-2-4-7-12)19-15(21)13-8-5-9-17-16(13)22/h2-9,11H,10H2,1H3,(H,17,22)(H,18,20)(H,19,21)/t11-/m0/s1. The van der Waals surface area contributed by atoms with E-state index in [4.69, 9.17) is 12.2 Å². The Morgan fingerprint density at radius 2 is 1.91 bits per heavy atom. The molecule has 5 nitrogen and oxygen atoms in total. The normalized spacial score (nSPS) is 11.5. The van der Waals surface area contributed by atoms with E-state index in [1.54, 1.807) is 25.3 Å². The first-order valence-electron chi connectivity index (χ1n) is 6.88. The van der Waals surface area contributed by atoms with E-state index >= 15 is 0 Å². The summed E-state index contributed by atoms with van der Waals surface area (Å²) in [6, 6.07) is 12.2. The number of carbonyl (C=O) groups excluding carboxylic acids is 2. The predicted molar refractivity (Wildman–Crippen MR) is 86.8 cm³/mol. The molecule has 2 rings (SSSR count). The number of amides is 2. The van der Waals surface area contributed by atoms with Gasteiger partial charge in [0.1, 0.15) is 10.7 Å². The van der Waals surface area contributed by atoms with E-state index in [-0.39, 0.29) is 11.8 Å². The molecule has 22 heavy (non-hydrogen) atoms. The van der Waals surface area contributed by atoms with Crippen LogP contribution < -0.4 is 10.6 Å². The average Bonchev–Trinajstić information content (AvgIpc) is 2.53. The molecule has 6 heteroatoms. The first kappa shape index (κ1) is 15.9. The second kappa shape index (κ2) is 7.51. The van der Waals surface area contributed by atoms with Gasteiger partial charge in [-0.1, -0.05) is 42.5 Å². The summed E-state index contributed by atoms with van der Waals surface area (Å²) in [5, 5.41) is 5.42. The number of pyridine rings is 1. The maximum absolute atomic E-state index is 12.1. The molecule has 1 heterocycles. The zero-order valence-corrected chi connectivity index (χ0v) is 12.9. The van der Waals surface area contributed by atoms with Crippen LogP contribution in [-0.4, -0.2) is 22.8 Å². The molecular weight excluding hydrogens is 298 g/mol. The van der Waals surface area contributed by atoms with Crippen molar-refractivity contribution in [3.05, 3.63) is 64.4 Å². The van der Waals surface area contributed by atoms with Crippen molar-refractivity contribution >= 4 is 24.0 Å². The Hall–Kier alpha value is -2.47.